The molecule has 0 aliphatic rings. The summed E-state index contributed by atoms with van der Waals surface area (Å²) in [6.45, 7) is 0. The quantitative estimate of drug-likeness (QED) is 0.479. The molecule has 0 spiro atoms. The summed E-state index contributed by atoms with van der Waals surface area (Å²) >= 11 is 1.31. The number of aromatic nitrogens is 4. The highest BCUT2D eigenvalue weighted by molar-refractivity contribution is 7.98. The Bertz CT molecular complexity index is 964. The lowest BCUT2D eigenvalue weighted by Gasteiger charge is -2.03. The van der Waals surface area contributed by atoms with Gasteiger partial charge >= 0.3 is 0 Å². The van der Waals surface area contributed by atoms with Crippen LogP contribution in [0.15, 0.2) is 61.2 Å². The van der Waals surface area contributed by atoms with Crippen LogP contribution in [-0.2, 0) is 5.75 Å². The van der Waals surface area contributed by atoms with Gasteiger partial charge in [0.2, 0.25) is 11.7 Å². The van der Waals surface area contributed by atoms with Crippen molar-refractivity contribution in [2.75, 3.05) is 7.11 Å². The third-order valence-corrected chi connectivity index (χ3v) is 4.08. The maximum atomic E-state index is 5.67. The number of hydrogen-bond acceptors (Lipinski definition) is 9. The lowest BCUT2D eigenvalue weighted by atomic mass is 10.2. The van der Waals surface area contributed by atoms with E-state index >= 15 is 0 Å². The van der Waals surface area contributed by atoms with Crippen LogP contribution in [0.1, 0.15) is 5.89 Å². The second kappa shape index (κ2) is 6.81. The first kappa shape index (κ1) is 15.5. The molecule has 0 amide bonds. The highest BCUT2D eigenvalue weighted by Crippen LogP contribution is 2.31. The largest absolute Gasteiger partial charge is 0.496 e. The molecule has 126 valence electrons. The first-order valence-electron chi connectivity index (χ1n) is 7.29. The number of methoxy groups -OCH3 is 1. The predicted octanol–water partition coefficient (Wildman–Crippen LogP) is 3.68. The van der Waals surface area contributed by atoms with Crippen LogP contribution in [0.5, 0.6) is 5.75 Å². The van der Waals surface area contributed by atoms with Crippen molar-refractivity contribution in [1.29, 1.82) is 0 Å². The van der Waals surface area contributed by atoms with Crippen molar-refractivity contribution in [3.8, 4) is 28.8 Å². The number of thioether (sulfide) groups is 1. The van der Waals surface area contributed by atoms with Crippen LogP contribution in [0.4, 0.5) is 0 Å². The van der Waals surface area contributed by atoms with Gasteiger partial charge in [-0.15, -0.1) is 10.2 Å². The molecule has 0 N–H and O–H groups in total. The normalized spacial score (nSPS) is 10.9. The number of benzene rings is 1. The van der Waals surface area contributed by atoms with Crippen LogP contribution in [-0.4, -0.2) is 27.4 Å². The molecular formula is C16H12N4O4S. The fourth-order valence-electron chi connectivity index (χ4n) is 2.14. The average Bonchev–Trinajstić information content (AvgIpc) is 3.40. The highest BCUT2D eigenvalue weighted by atomic mass is 32.2. The van der Waals surface area contributed by atoms with Crippen molar-refractivity contribution in [1.82, 2.24) is 20.3 Å². The minimum atomic E-state index is 0.391. The van der Waals surface area contributed by atoms with Crippen LogP contribution < -0.4 is 4.74 Å². The monoisotopic (exact) mass is 356 g/mol. The first-order valence-corrected chi connectivity index (χ1v) is 8.28. The summed E-state index contributed by atoms with van der Waals surface area (Å²) in [5, 5.41) is 12.3. The molecule has 0 fully saturated rings. The van der Waals surface area contributed by atoms with Crippen LogP contribution in [0.3, 0.4) is 0 Å². The molecule has 3 heterocycles. The molecule has 0 radical (unpaired) electrons. The molecule has 0 aliphatic heterocycles. The van der Waals surface area contributed by atoms with E-state index in [0.29, 0.717) is 40.1 Å². The molecule has 0 saturated carbocycles. The molecule has 4 aromatic rings. The maximum absolute atomic E-state index is 5.67. The lowest BCUT2D eigenvalue weighted by Crippen LogP contribution is -1.87. The first-order chi connectivity index (χ1) is 12.3. The number of nitrogens with zero attached hydrogens (tertiary/aromatic N) is 4. The van der Waals surface area contributed by atoms with Crippen molar-refractivity contribution >= 4 is 11.8 Å². The van der Waals surface area contributed by atoms with Gasteiger partial charge in [0.05, 0.1) is 24.7 Å². The van der Waals surface area contributed by atoms with E-state index in [0.717, 1.165) is 5.56 Å². The summed E-state index contributed by atoms with van der Waals surface area (Å²) in [6, 6.07) is 11.0. The molecule has 0 saturated heterocycles. The SMILES string of the molecule is COc1ccccc1-c1nnc(SCc2nc(-c3ccco3)no2)o1. The van der Waals surface area contributed by atoms with E-state index in [4.69, 9.17) is 18.1 Å². The summed E-state index contributed by atoms with van der Waals surface area (Å²) in [7, 11) is 1.59. The van der Waals surface area contributed by atoms with Crippen molar-refractivity contribution in [2.24, 2.45) is 0 Å². The molecule has 8 nitrogen and oxygen atoms in total. The molecule has 25 heavy (non-hydrogen) atoms. The molecule has 1 aromatic carbocycles. The van der Waals surface area contributed by atoms with Gasteiger partial charge in [-0.05, 0) is 24.3 Å². The Kier molecular flexibility index (Phi) is 4.21. The Morgan fingerprint density at radius 1 is 1.12 bits per heavy atom. The highest BCUT2D eigenvalue weighted by Gasteiger charge is 2.15. The van der Waals surface area contributed by atoms with Crippen molar-refractivity contribution in [3.63, 3.8) is 0 Å². The average molecular weight is 356 g/mol. The Morgan fingerprint density at radius 2 is 2.04 bits per heavy atom. The third-order valence-electron chi connectivity index (χ3n) is 3.27. The zero-order chi connectivity index (χ0) is 17.1. The van der Waals surface area contributed by atoms with Crippen LogP contribution in [0.2, 0.25) is 0 Å². The van der Waals surface area contributed by atoms with E-state index in [1.54, 1.807) is 25.5 Å². The van der Waals surface area contributed by atoms with Gasteiger partial charge in [0.15, 0.2) is 5.76 Å². The van der Waals surface area contributed by atoms with Crippen molar-refractivity contribution in [2.45, 2.75) is 11.0 Å². The maximum Gasteiger partial charge on any atom is 0.277 e. The summed E-state index contributed by atoms with van der Waals surface area (Å²) in [5.74, 6) is 2.86. The van der Waals surface area contributed by atoms with Gasteiger partial charge in [0.1, 0.15) is 5.75 Å². The van der Waals surface area contributed by atoms with E-state index in [2.05, 4.69) is 20.3 Å². The van der Waals surface area contributed by atoms with Gasteiger partial charge in [-0.25, -0.2) is 0 Å². The summed E-state index contributed by atoms with van der Waals surface area (Å²) in [5.41, 5.74) is 0.738. The molecule has 0 unspecified atom stereocenters. The Balaban J connectivity index is 1.45. The number of rotatable bonds is 6. The van der Waals surface area contributed by atoms with Gasteiger partial charge in [-0.2, -0.15) is 4.98 Å². The third kappa shape index (κ3) is 3.26. The minimum Gasteiger partial charge on any atom is -0.496 e. The molecular weight excluding hydrogens is 344 g/mol. The zero-order valence-corrected chi connectivity index (χ0v) is 13.9. The number of ether oxygens (including phenoxy) is 1. The molecule has 0 bridgehead atoms. The fraction of sp³-hybridized carbons (Fsp3) is 0.125. The van der Waals surface area contributed by atoms with Gasteiger partial charge in [0, 0.05) is 0 Å². The topological polar surface area (TPSA) is 100 Å². The van der Waals surface area contributed by atoms with Crippen molar-refractivity contribution in [3.05, 3.63) is 48.6 Å². The molecule has 4 rings (SSSR count). The van der Waals surface area contributed by atoms with Crippen molar-refractivity contribution < 1.29 is 18.1 Å². The van der Waals surface area contributed by atoms with Gasteiger partial charge in [0.25, 0.3) is 11.1 Å². The predicted molar refractivity (Wildman–Crippen MR) is 87.8 cm³/mol. The minimum absolute atomic E-state index is 0.391. The van der Waals surface area contributed by atoms with Gasteiger partial charge in [-0.1, -0.05) is 29.1 Å². The van der Waals surface area contributed by atoms with E-state index in [9.17, 15) is 0 Å². The summed E-state index contributed by atoms with van der Waals surface area (Å²) in [6.07, 6.45) is 1.55. The Hall–Kier alpha value is -3.07. The Morgan fingerprint density at radius 3 is 2.88 bits per heavy atom. The number of para-hydroxylation sites is 1. The second-order valence-corrected chi connectivity index (χ2v) is 5.78. The van der Waals surface area contributed by atoms with E-state index in [1.807, 2.05) is 24.3 Å². The van der Waals surface area contributed by atoms with Crippen LogP contribution in [0, 0.1) is 0 Å². The van der Waals surface area contributed by atoms with Gasteiger partial charge < -0.3 is 18.1 Å². The van der Waals surface area contributed by atoms with Gasteiger partial charge in [-0.3, -0.25) is 0 Å². The summed E-state index contributed by atoms with van der Waals surface area (Å²) in [4.78, 5) is 4.26. The fourth-order valence-corrected chi connectivity index (χ4v) is 2.74. The zero-order valence-electron chi connectivity index (χ0n) is 13.1. The number of furan rings is 1. The van der Waals surface area contributed by atoms with Crippen LogP contribution >= 0.6 is 11.8 Å². The lowest BCUT2D eigenvalue weighted by molar-refractivity contribution is 0.389. The standard InChI is InChI=1S/C16H12N4O4S/c1-21-11-6-3-2-5-10(11)15-18-19-16(23-15)25-9-13-17-14(20-24-13)12-7-4-8-22-12/h2-8H,9H2,1H3. The molecule has 0 aliphatic carbocycles. The molecule has 3 aromatic heterocycles. The second-order valence-electron chi connectivity index (χ2n) is 4.85. The van der Waals surface area contributed by atoms with E-state index < -0.39 is 0 Å². The molecule has 0 atom stereocenters. The van der Waals surface area contributed by atoms with E-state index in [-0.39, 0.29) is 0 Å². The van der Waals surface area contributed by atoms with E-state index in [1.165, 1.54) is 11.8 Å². The Labute approximate surface area is 146 Å². The summed E-state index contributed by atoms with van der Waals surface area (Å²) < 4.78 is 21.4. The molecule has 9 heteroatoms. The number of hydrogen-bond donors (Lipinski definition) is 0. The van der Waals surface area contributed by atoms with Crippen LogP contribution in [0.25, 0.3) is 23.0 Å². The smallest absolute Gasteiger partial charge is 0.277 e.